The van der Waals surface area contributed by atoms with Crippen molar-refractivity contribution < 1.29 is 5.11 Å². The number of aliphatic hydroxyl groups excluding tert-OH is 1. The van der Waals surface area contributed by atoms with Crippen LogP contribution in [0.25, 0.3) is 0 Å². The number of halogens is 1. The van der Waals surface area contributed by atoms with E-state index in [0.717, 1.165) is 44.0 Å². The highest BCUT2D eigenvalue weighted by Crippen LogP contribution is 2.23. The Bertz CT molecular complexity index is 413. The summed E-state index contributed by atoms with van der Waals surface area (Å²) in [7, 11) is 0. The van der Waals surface area contributed by atoms with E-state index >= 15 is 0 Å². The van der Waals surface area contributed by atoms with Crippen molar-refractivity contribution in [3.05, 3.63) is 17.0 Å². The maximum Gasteiger partial charge on any atom is 0.134 e. The number of anilines is 1. The van der Waals surface area contributed by atoms with Gasteiger partial charge in [0.05, 0.1) is 6.10 Å². The number of rotatable bonds is 3. The first-order valence-corrected chi connectivity index (χ1v) is 6.94. The van der Waals surface area contributed by atoms with E-state index in [-0.39, 0.29) is 12.0 Å². The third kappa shape index (κ3) is 3.12. The first-order chi connectivity index (χ1) is 8.60. The van der Waals surface area contributed by atoms with Gasteiger partial charge in [-0.1, -0.05) is 25.4 Å². The standard InChI is InChI=1S/C13H20ClN3O/c1-3-4-12-15-11(14)7-13(16-12)17-6-5-10(18)9(2)8-17/h7,9-10,18H,3-6,8H2,1-2H3. The summed E-state index contributed by atoms with van der Waals surface area (Å²) in [6.07, 6.45) is 2.44. The van der Waals surface area contributed by atoms with E-state index in [2.05, 4.69) is 28.7 Å². The van der Waals surface area contributed by atoms with E-state index in [9.17, 15) is 5.11 Å². The Labute approximate surface area is 113 Å². The molecule has 1 aliphatic heterocycles. The van der Waals surface area contributed by atoms with Crippen LogP contribution in [0.5, 0.6) is 0 Å². The average molecular weight is 270 g/mol. The van der Waals surface area contributed by atoms with E-state index in [1.807, 2.05) is 6.07 Å². The molecule has 18 heavy (non-hydrogen) atoms. The molecule has 5 heteroatoms. The van der Waals surface area contributed by atoms with Gasteiger partial charge in [0.25, 0.3) is 0 Å². The van der Waals surface area contributed by atoms with Crippen molar-refractivity contribution in [3.8, 4) is 0 Å². The fourth-order valence-corrected chi connectivity index (χ4v) is 2.49. The minimum atomic E-state index is -0.200. The highest BCUT2D eigenvalue weighted by atomic mass is 35.5. The molecule has 1 aliphatic rings. The Hall–Kier alpha value is -0.870. The summed E-state index contributed by atoms with van der Waals surface area (Å²) in [6.45, 7) is 5.81. The van der Waals surface area contributed by atoms with Gasteiger partial charge in [0.1, 0.15) is 16.8 Å². The van der Waals surface area contributed by atoms with Crippen molar-refractivity contribution in [1.82, 2.24) is 9.97 Å². The molecule has 0 aromatic carbocycles. The van der Waals surface area contributed by atoms with Gasteiger partial charge >= 0.3 is 0 Å². The van der Waals surface area contributed by atoms with E-state index < -0.39 is 0 Å². The van der Waals surface area contributed by atoms with Gasteiger partial charge < -0.3 is 10.0 Å². The molecule has 1 aromatic heterocycles. The zero-order valence-corrected chi connectivity index (χ0v) is 11.7. The quantitative estimate of drug-likeness (QED) is 0.856. The second-order valence-corrected chi connectivity index (χ2v) is 5.38. The molecule has 0 radical (unpaired) electrons. The molecule has 0 saturated carbocycles. The number of hydrogen-bond donors (Lipinski definition) is 1. The highest BCUT2D eigenvalue weighted by Gasteiger charge is 2.25. The minimum absolute atomic E-state index is 0.200. The molecular formula is C13H20ClN3O. The third-order valence-corrected chi connectivity index (χ3v) is 3.58. The van der Waals surface area contributed by atoms with Gasteiger partial charge in [-0.05, 0) is 18.8 Å². The van der Waals surface area contributed by atoms with Gasteiger partial charge in [0, 0.05) is 25.6 Å². The molecule has 4 nitrogen and oxygen atoms in total. The van der Waals surface area contributed by atoms with Crippen molar-refractivity contribution in [2.75, 3.05) is 18.0 Å². The van der Waals surface area contributed by atoms with Gasteiger partial charge in [-0.15, -0.1) is 0 Å². The van der Waals surface area contributed by atoms with Crippen LogP contribution in [0, 0.1) is 5.92 Å². The highest BCUT2D eigenvalue weighted by molar-refractivity contribution is 6.29. The average Bonchev–Trinajstić information content (AvgIpc) is 2.32. The monoisotopic (exact) mass is 269 g/mol. The van der Waals surface area contributed by atoms with Crippen molar-refractivity contribution in [2.24, 2.45) is 5.92 Å². The Morgan fingerprint density at radius 2 is 2.28 bits per heavy atom. The van der Waals surface area contributed by atoms with Crippen molar-refractivity contribution in [3.63, 3.8) is 0 Å². The van der Waals surface area contributed by atoms with Crippen LogP contribution >= 0.6 is 11.6 Å². The number of aryl methyl sites for hydroxylation is 1. The van der Waals surface area contributed by atoms with E-state index in [4.69, 9.17) is 11.6 Å². The summed E-state index contributed by atoms with van der Waals surface area (Å²) < 4.78 is 0. The molecule has 0 amide bonds. The normalized spacial score (nSPS) is 24.3. The van der Waals surface area contributed by atoms with Crippen LogP contribution in [0.15, 0.2) is 6.07 Å². The van der Waals surface area contributed by atoms with E-state index in [1.54, 1.807) is 0 Å². The van der Waals surface area contributed by atoms with Crippen LogP contribution in [0.4, 0.5) is 5.82 Å². The van der Waals surface area contributed by atoms with Crippen molar-refractivity contribution in [1.29, 1.82) is 0 Å². The molecule has 0 spiro atoms. The fourth-order valence-electron chi connectivity index (χ4n) is 2.29. The minimum Gasteiger partial charge on any atom is -0.393 e. The molecule has 0 aliphatic carbocycles. The summed E-state index contributed by atoms with van der Waals surface area (Å²) >= 11 is 6.04. The molecule has 1 fully saturated rings. The lowest BCUT2D eigenvalue weighted by Crippen LogP contribution is -2.42. The Balaban J connectivity index is 2.17. The molecule has 1 aromatic rings. The van der Waals surface area contributed by atoms with Crippen LogP contribution < -0.4 is 4.90 Å². The summed E-state index contributed by atoms with van der Waals surface area (Å²) in [6, 6.07) is 1.81. The zero-order valence-electron chi connectivity index (χ0n) is 10.9. The molecule has 2 heterocycles. The number of aliphatic hydroxyl groups is 1. The Morgan fingerprint density at radius 1 is 1.50 bits per heavy atom. The lowest BCUT2D eigenvalue weighted by Gasteiger charge is -2.35. The van der Waals surface area contributed by atoms with Gasteiger partial charge in [-0.2, -0.15) is 0 Å². The zero-order chi connectivity index (χ0) is 13.1. The topological polar surface area (TPSA) is 49.2 Å². The summed E-state index contributed by atoms with van der Waals surface area (Å²) in [5.41, 5.74) is 0. The lowest BCUT2D eigenvalue weighted by molar-refractivity contribution is 0.0969. The summed E-state index contributed by atoms with van der Waals surface area (Å²) in [5.74, 6) is 1.96. The van der Waals surface area contributed by atoms with E-state index in [0.29, 0.717) is 5.15 Å². The Morgan fingerprint density at radius 3 is 2.94 bits per heavy atom. The maximum atomic E-state index is 9.75. The molecule has 1 saturated heterocycles. The van der Waals surface area contributed by atoms with Crippen LogP contribution in [0.1, 0.15) is 32.5 Å². The van der Waals surface area contributed by atoms with Crippen molar-refractivity contribution >= 4 is 17.4 Å². The van der Waals surface area contributed by atoms with Crippen LogP contribution in [-0.2, 0) is 6.42 Å². The van der Waals surface area contributed by atoms with Crippen LogP contribution in [0.2, 0.25) is 5.15 Å². The maximum absolute atomic E-state index is 9.75. The summed E-state index contributed by atoms with van der Waals surface area (Å²) in [4.78, 5) is 11.0. The third-order valence-electron chi connectivity index (χ3n) is 3.39. The number of nitrogens with zero attached hydrogens (tertiary/aromatic N) is 3. The smallest absolute Gasteiger partial charge is 0.134 e. The van der Waals surface area contributed by atoms with Gasteiger partial charge in [0.2, 0.25) is 0 Å². The van der Waals surface area contributed by atoms with E-state index in [1.165, 1.54) is 0 Å². The first-order valence-electron chi connectivity index (χ1n) is 6.56. The number of hydrogen-bond acceptors (Lipinski definition) is 4. The first kappa shape index (κ1) is 13.6. The lowest BCUT2D eigenvalue weighted by atomic mass is 9.97. The second-order valence-electron chi connectivity index (χ2n) is 4.99. The number of piperidine rings is 1. The van der Waals surface area contributed by atoms with Gasteiger partial charge in [-0.25, -0.2) is 9.97 Å². The molecule has 2 atom stereocenters. The molecule has 0 bridgehead atoms. The van der Waals surface area contributed by atoms with Gasteiger partial charge in [0.15, 0.2) is 0 Å². The molecule has 2 rings (SSSR count). The summed E-state index contributed by atoms with van der Waals surface area (Å²) in [5, 5.41) is 10.3. The molecule has 100 valence electrons. The Kier molecular flexibility index (Phi) is 4.40. The second kappa shape index (κ2) is 5.85. The largest absolute Gasteiger partial charge is 0.393 e. The predicted molar refractivity (Wildman–Crippen MR) is 73.0 cm³/mol. The predicted octanol–water partition coefficient (Wildman–Crippen LogP) is 2.29. The van der Waals surface area contributed by atoms with Crippen LogP contribution in [0.3, 0.4) is 0 Å². The van der Waals surface area contributed by atoms with Gasteiger partial charge in [-0.3, -0.25) is 0 Å². The molecule has 1 N–H and O–H groups in total. The SMILES string of the molecule is CCCc1nc(Cl)cc(N2CCC(O)C(C)C2)n1. The van der Waals surface area contributed by atoms with Crippen molar-refractivity contribution in [2.45, 2.75) is 39.2 Å². The molecule has 2 unspecified atom stereocenters. The molecular weight excluding hydrogens is 250 g/mol. The fraction of sp³-hybridized carbons (Fsp3) is 0.692. The number of aromatic nitrogens is 2. The van der Waals surface area contributed by atoms with Crippen LogP contribution in [-0.4, -0.2) is 34.3 Å².